The van der Waals surface area contributed by atoms with E-state index < -0.39 is 42.1 Å². The highest BCUT2D eigenvalue weighted by atomic mass is 32.2. The maximum Gasteiger partial charge on any atom is 0.338 e. The van der Waals surface area contributed by atoms with Gasteiger partial charge in [-0.05, 0) is 29.8 Å². The van der Waals surface area contributed by atoms with Crippen LogP contribution in [0.2, 0.25) is 0 Å². The zero-order valence-electron chi connectivity index (χ0n) is 22.9. The highest BCUT2D eigenvalue weighted by molar-refractivity contribution is 7.99. The van der Waals surface area contributed by atoms with Crippen LogP contribution in [0.5, 0.6) is 0 Å². The lowest BCUT2D eigenvalue weighted by Crippen LogP contribution is -2.62. The lowest BCUT2D eigenvalue weighted by atomic mass is 9.98. The van der Waals surface area contributed by atoms with Crippen molar-refractivity contribution in [3.8, 4) is 0 Å². The summed E-state index contributed by atoms with van der Waals surface area (Å²) in [7, 11) is 0. The third kappa shape index (κ3) is 7.10. The SMILES string of the molecule is O=C(OC1C(OCOCc2ccccc2)[C@@H]2OC(c3ccccc3)OCC2O[C@H]1Sc1ccccc1)c1ccccc1. The molecule has 2 saturated heterocycles. The molecule has 42 heavy (non-hydrogen) atoms. The van der Waals surface area contributed by atoms with Crippen molar-refractivity contribution in [1.82, 2.24) is 0 Å². The standard InChI is InChI=1S/C34H32O7S/c35-32(25-15-7-2-8-16-25)40-31-30(38-23-36-21-24-13-5-1-6-14-24)29-28(39-34(31)42-27-19-11-4-12-20-27)22-37-33(41-29)26-17-9-3-10-18-26/h1-20,28-31,33-34H,21-23H2/t28?,29-,30?,31?,33?,34+/m1/s1. The number of hydrogen-bond donors (Lipinski definition) is 0. The van der Waals surface area contributed by atoms with Gasteiger partial charge < -0.3 is 28.4 Å². The van der Waals surface area contributed by atoms with Gasteiger partial charge in [0.2, 0.25) is 0 Å². The van der Waals surface area contributed by atoms with Crippen LogP contribution in [0, 0.1) is 0 Å². The second-order valence-corrected chi connectivity index (χ2v) is 11.1. The zero-order chi connectivity index (χ0) is 28.6. The number of hydrogen-bond acceptors (Lipinski definition) is 8. The molecule has 0 aromatic heterocycles. The first kappa shape index (κ1) is 28.6. The van der Waals surface area contributed by atoms with Crippen molar-refractivity contribution in [3.05, 3.63) is 138 Å². The van der Waals surface area contributed by atoms with E-state index in [1.807, 2.05) is 97.1 Å². The number of ether oxygens (including phenoxy) is 6. The van der Waals surface area contributed by atoms with Gasteiger partial charge in [0.1, 0.15) is 30.5 Å². The maximum atomic E-state index is 13.4. The monoisotopic (exact) mass is 584 g/mol. The quantitative estimate of drug-likeness (QED) is 0.120. The van der Waals surface area contributed by atoms with Gasteiger partial charge in [-0.3, -0.25) is 0 Å². The summed E-state index contributed by atoms with van der Waals surface area (Å²) in [6.07, 6.45) is -3.14. The Balaban J connectivity index is 1.27. The lowest BCUT2D eigenvalue weighted by Gasteiger charge is -2.48. The molecule has 0 saturated carbocycles. The molecule has 0 spiro atoms. The Kier molecular flexibility index (Phi) is 9.61. The van der Waals surface area contributed by atoms with Gasteiger partial charge in [-0.25, -0.2) is 4.79 Å². The number of esters is 1. The first-order valence-corrected chi connectivity index (χ1v) is 14.8. The molecule has 6 rings (SSSR count). The molecule has 2 aliphatic heterocycles. The van der Waals surface area contributed by atoms with Crippen LogP contribution in [0.25, 0.3) is 0 Å². The molecule has 2 heterocycles. The van der Waals surface area contributed by atoms with E-state index in [1.165, 1.54) is 11.8 Å². The maximum absolute atomic E-state index is 13.4. The van der Waals surface area contributed by atoms with Crippen molar-refractivity contribution in [2.24, 2.45) is 0 Å². The van der Waals surface area contributed by atoms with E-state index in [1.54, 1.807) is 24.3 Å². The number of carbonyl (C=O) groups is 1. The summed E-state index contributed by atoms with van der Waals surface area (Å²) in [6, 6.07) is 38.4. The summed E-state index contributed by atoms with van der Waals surface area (Å²) >= 11 is 1.47. The molecule has 7 nitrogen and oxygen atoms in total. The lowest BCUT2D eigenvalue weighted by molar-refractivity contribution is -0.329. The summed E-state index contributed by atoms with van der Waals surface area (Å²) < 4.78 is 37.6. The van der Waals surface area contributed by atoms with Gasteiger partial charge in [0.15, 0.2) is 12.4 Å². The van der Waals surface area contributed by atoms with Crippen LogP contribution in [-0.4, -0.2) is 49.2 Å². The largest absolute Gasteiger partial charge is 0.452 e. The Labute approximate surface area is 249 Å². The third-order valence-electron chi connectivity index (χ3n) is 7.06. The molecule has 6 atom stereocenters. The van der Waals surface area contributed by atoms with E-state index in [4.69, 9.17) is 28.4 Å². The van der Waals surface area contributed by atoms with Crippen LogP contribution in [0.15, 0.2) is 126 Å². The fourth-order valence-corrected chi connectivity index (χ4v) is 6.12. The van der Waals surface area contributed by atoms with Gasteiger partial charge in [-0.1, -0.05) is 109 Å². The predicted octanol–water partition coefficient (Wildman–Crippen LogP) is 6.40. The zero-order valence-corrected chi connectivity index (χ0v) is 23.7. The van der Waals surface area contributed by atoms with Crippen molar-refractivity contribution in [1.29, 1.82) is 0 Å². The van der Waals surface area contributed by atoms with E-state index in [0.29, 0.717) is 18.8 Å². The smallest absolute Gasteiger partial charge is 0.338 e. The van der Waals surface area contributed by atoms with Crippen LogP contribution in [0.1, 0.15) is 27.8 Å². The first-order valence-electron chi connectivity index (χ1n) is 13.9. The van der Waals surface area contributed by atoms with Gasteiger partial charge in [0.25, 0.3) is 0 Å². The summed E-state index contributed by atoms with van der Waals surface area (Å²) in [4.78, 5) is 14.4. The summed E-state index contributed by atoms with van der Waals surface area (Å²) in [5, 5.41) is 0. The third-order valence-corrected chi connectivity index (χ3v) is 8.21. The Hall–Kier alpha value is -3.50. The molecular weight excluding hydrogens is 552 g/mol. The Morgan fingerprint density at radius 3 is 2.12 bits per heavy atom. The molecule has 216 valence electrons. The minimum absolute atomic E-state index is 0.0227. The Morgan fingerprint density at radius 2 is 1.40 bits per heavy atom. The van der Waals surface area contributed by atoms with Crippen molar-refractivity contribution in [2.45, 2.75) is 47.6 Å². The number of carbonyl (C=O) groups excluding carboxylic acids is 1. The van der Waals surface area contributed by atoms with Crippen LogP contribution in [0.4, 0.5) is 0 Å². The molecular formula is C34H32O7S. The van der Waals surface area contributed by atoms with E-state index >= 15 is 0 Å². The van der Waals surface area contributed by atoms with Gasteiger partial charge >= 0.3 is 5.97 Å². The molecule has 0 radical (unpaired) electrons. The minimum Gasteiger partial charge on any atom is -0.452 e. The van der Waals surface area contributed by atoms with E-state index in [0.717, 1.165) is 16.0 Å². The average molecular weight is 585 g/mol. The first-order chi connectivity index (χ1) is 20.7. The minimum atomic E-state index is -0.806. The van der Waals surface area contributed by atoms with Gasteiger partial charge in [-0.2, -0.15) is 0 Å². The fraction of sp³-hybridized carbons (Fsp3) is 0.265. The van der Waals surface area contributed by atoms with Gasteiger partial charge in [0, 0.05) is 10.5 Å². The second-order valence-electron chi connectivity index (χ2n) is 9.97. The molecule has 2 fully saturated rings. The molecule has 0 aliphatic carbocycles. The van der Waals surface area contributed by atoms with E-state index in [9.17, 15) is 4.79 Å². The highest BCUT2D eigenvalue weighted by Gasteiger charge is 2.52. The highest BCUT2D eigenvalue weighted by Crippen LogP contribution is 2.41. The summed E-state index contributed by atoms with van der Waals surface area (Å²) in [5.41, 5.74) is 1.77. The van der Waals surface area contributed by atoms with Gasteiger partial charge in [-0.15, -0.1) is 0 Å². The van der Waals surface area contributed by atoms with Crippen LogP contribution < -0.4 is 0 Å². The normalized spacial score (nSPS) is 25.3. The van der Waals surface area contributed by atoms with Gasteiger partial charge in [0.05, 0.1) is 18.8 Å². The van der Waals surface area contributed by atoms with E-state index in [2.05, 4.69) is 0 Å². The Bertz CT molecular complexity index is 1390. The summed E-state index contributed by atoms with van der Waals surface area (Å²) in [6.45, 7) is 0.650. The topological polar surface area (TPSA) is 72.5 Å². The van der Waals surface area contributed by atoms with Crippen molar-refractivity contribution in [3.63, 3.8) is 0 Å². The molecule has 4 unspecified atom stereocenters. The number of thioether (sulfide) groups is 1. The molecule has 4 aromatic carbocycles. The number of fused-ring (bicyclic) bond motifs is 1. The predicted molar refractivity (Wildman–Crippen MR) is 158 cm³/mol. The molecule has 0 N–H and O–H groups in total. The Morgan fingerprint density at radius 1 is 0.762 bits per heavy atom. The second kappa shape index (κ2) is 14.1. The molecule has 2 aliphatic rings. The molecule has 0 bridgehead atoms. The molecule has 0 amide bonds. The number of benzene rings is 4. The van der Waals surface area contributed by atoms with Crippen LogP contribution >= 0.6 is 11.8 Å². The molecule has 8 heteroatoms. The van der Waals surface area contributed by atoms with Crippen LogP contribution in [0.3, 0.4) is 0 Å². The average Bonchev–Trinajstić information content (AvgIpc) is 3.05. The van der Waals surface area contributed by atoms with Crippen molar-refractivity contribution >= 4 is 17.7 Å². The molecule has 4 aromatic rings. The summed E-state index contributed by atoms with van der Waals surface area (Å²) in [5.74, 6) is -0.466. The van der Waals surface area contributed by atoms with E-state index in [-0.39, 0.29) is 6.79 Å². The fourth-order valence-electron chi connectivity index (χ4n) is 5.00. The number of rotatable bonds is 10. The van der Waals surface area contributed by atoms with Crippen molar-refractivity contribution in [2.75, 3.05) is 13.4 Å². The van der Waals surface area contributed by atoms with Crippen molar-refractivity contribution < 1.29 is 33.2 Å². The van der Waals surface area contributed by atoms with Crippen LogP contribution in [-0.2, 0) is 35.0 Å².